The van der Waals surface area contributed by atoms with Crippen LogP contribution in [0.4, 0.5) is 22.0 Å². The first-order valence-corrected chi connectivity index (χ1v) is 3.44. The molecule has 15 heavy (non-hydrogen) atoms. The first kappa shape index (κ1) is 11.5. The van der Waals surface area contributed by atoms with Gasteiger partial charge >= 0.3 is 18.1 Å². The molecule has 0 saturated carbocycles. The van der Waals surface area contributed by atoms with Crippen LogP contribution < -0.4 is 0 Å². The van der Waals surface area contributed by atoms with Crippen molar-refractivity contribution in [2.24, 2.45) is 0 Å². The Morgan fingerprint density at radius 3 is 1.93 bits per heavy atom. The fourth-order valence-electron chi connectivity index (χ4n) is 0.764. The third-order valence-corrected chi connectivity index (χ3v) is 1.46. The Labute approximate surface area is 79.1 Å². The van der Waals surface area contributed by atoms with E-state index in [4.69, 9.17) is 5.11 Å². The van der Waals surface area contributed by atoms with E-state index in [0.29, 0.717) is 0 Å². The highest BCUT2D eigenvalue weighted by Crippen LogP contribution is 2.35. The number of carboxylic acids is 1. The summed E-state index contributed by atoms with van der Waals surface area (Å²) in [5, 5.41) is 8.02. The SMILES string of the molecule is O=C(O)C(F)(F)c1ccc(C(F)(F)F)o1. The Bertz CT molecular complexity index is 378. The summed E-state index contributed by atoms with van der Waals surface area (Å²) in [6.07, 6.45) is -4.92. The molecular formula is C7H3F5O3. The summed E-state index contributed by atoms with van der Waals surface area (Å²) in [7, 11) is 0. The molecule has 0 bridgehead atoms. The molecule has 0 atom stereocenters. The van der Waals surface area contributed by atoms with Gasteiger partial charge in [-0.1, -0.05) is 0 Å². The van der Waals surface area contributed by atoms with Crippen molar-refractivity contribution in [1.29, 1.82) is 0 Å². The number of carboxylic acid groups (broad SMARTS) is 1. The van der Waals surface area contributed by atoms with E-state index in [9.17, 15) is 26.7 Å². The van der Waals surface area contributed by atoms with E-state index in [1.165, 1.54) is 0 Å². The molecule has 0 amide bonds. The number of rotatable bonds is 2. The summed E-state index contributed by atoms with van der Waals surface area (Å²) in [4.78, 5) is 9.99. The molecule has 1 heterocycles. The quantitative estimate of drug-likeness (QED) is 0.794. The number of hydrogen-bond acceptors (Lipinski definition) is 2. The number of hydrogen-bond donors (Lipinski definition) is 1. The van der Waals surface area contributed by atoms with Gasteiger partial charge in [0.25, 0.3) is 0 Å². The number of furan rings is 1. The van der Waals surface area contributed by atoms with Gasteiger partial charge in [0.2, 0.25) is 5.76 Å². The fourth-order valence-corrected chi connectivity index (χ4v) is 0.764. The van der Waals surface area contributed by atoms with Crippen molar-refractivity contribution in [3.05, 3.63) is 23.7 Å². The average Bonchev–Trinajstić information content (AvgIpc) is 2.50. The van der Waals surface area contributed by atoms with Crippen LogP contribution in [-0.4, -0.2) is 11.1 Å². The number of carbonyl (C=O) groups is 1. The number of halogens is 5. The molecule has 1 N–H and O–H groups in total. The maximum atomic E-state index is 12.6. The molecule has 1 aromatic heterocycles. The lowest BCUT2D eigenvalue weighted by atomic mass is 10.2. The van der Waals surface area contributed by atoms with Crippen LogP contribution in [0.25, 0.3) is 0 Å². The van der Waals surface area contributed by atoms with Gasteiger partial charge in [0.05, 0.1) is 0 Å². The zero-order valence-corrected chi connectivity index (χ0v) is 6.81. The molecule has 0 aliphatic rings. The van der Waals surface area contributed by atoms with Gasteiger partial charge in [0, 0.05) is 0 Å². The van der Waals surface area contributed by atoms with Crippen molar-refractivity contribution >= 4 is 5.97 Å². The summed E-state index contributed by atoms with van der Waals surface area (Å²) in [6, 6.07) is 0.517. The lowest BCUT2D eigenvalue weighted by Crippen LogP contribution is -2.24. The van der Waals surface area contributed by atoms with E-state index in [0.717, 1.165) is 0 Å². The topological polar surface area (TPSA) is 50.4 Å². The van der Waals surface area contributed by atoms with Gasteiger partial charge in [-0.2, -0.15) is 22.0 Å². The standard InChI is InChI=1S/C7H3F5O3/c8-6(9,5(13)14)3-1-2-4(15-3)7(10,11)12/h1-2H,(H,13,14). The molecule has 0 radical (unpaired) electrons. The normalized spacial score (nSPS) is 12.9. The van der Waals surface area contributed by atoms with Crippen LogP contribution in [0.15, 0.2) is 16.5 Å². The van der Waals surface area contributed by atoms with Gasteiger partial charge in [-0.15, -0.1) is 0 Å². The zero-order valence-electron chi connectivity index (χ0n) is 6.81. The van der Waals surface area contributed by atoms with Gasteiger partial charge in [-0.3, -0.25) is 0 Å². The van der Waals surface area contributed by atoms with Crippen LogP contribution in [0.1, 0.15) is 11.5 Å². The fraction of sp³-hybridized carbons (Fsp3) is 0.286. The molecule has 0 unspecified atom stereocenters. The van der Waals surface area contributed by atoms with E-state index >= 15 is 0 Å². The minimum Gasteiger partial charge on any atom is -0.476 e. The Morgan fingerprint density at radius 2 is 1.60 bits per heavy atom. The molecule has 0 aromatic carbocycles. The summed E-state index contributed by atoms with van der Waals surface area (Å²) in [6.45, 7) is 0. The van der Waals surface area contributed by atoms with Crippen LogP contribution >= 0.6 is 0 Å². The smallest absolute Gasteiger partial charge is 0.449 e. The molecule has 8 heteroatoms. The van der Waals surface area contributed by atoms with Crippen molar-refractivity contribution in [1.82, 2.24) is 0 Å². The highest BCUT2D eigenvalue weighted by molar-refractivity contribution is 5.76. The highest BCUT2D eigenvalue weighted by atomic mass is 19.4. The lowest BCUT2D eigenvalue weighted by Gasteiger charge is -2.07. The van der Waals surface area contributed by atoms with Crippen molar-refractivity contribution in [3.8, 4) is 0 Å². The predicted molar refractivity (Wildman–Crippen MR) is 35.2 cm³/mol. The van der Waals surface area contributed by atoms with E-state index in [1.54, 1.807) is 0 Å². The van der Waals surface area contributed by atoms with Gasteiger partial charge in [0.15, 0.2) is 5.76 Å². The maximum absolute atomic E-state index is 12.6. The highest BCUT2D eigenvalue weighted by Gasteiger charge is 2.46. The Kier molecular flexibility index (Phi) is 2.46. The molecule has 0 aliphatic carbocycles. The first-order chi connectivity index (χ1) is 6.65. The molecule has 3 nitrogen and oxygen atoms in total. The lowest BCUT2D eigenvalue weighted by molar-refractivity contribution is -0.173. The summed E-state index contributed by atoms with van der Waals surface area (Å²) < 4.78 is 64.7. The van der Waals surface area contributed by atoms with Crippen LogP contribution in [0.3, 0.4) is 0 Å². The second kappa shape index (κ2) is 3.21. The maximum Gasteiger partial charge on any atom is 0.449 e. The first-order valence-electron chi connectivity index (χ1n) is 3.44. The molecule has 0 fully saturated rings. The number of aliphatic carboxylic acids is 1. The molecule has 0 saturated heterocycles. The van der Waals surface area contributed by atoms with Gasteiger partial charge in [-0.05, 0) is 12.1 Å². The zero-order chi connectivity index (χ0) is 11.9. The van der Waals surface area contributed by atoms with Crippen molar-refractivity contribution in [2.45, 2.75) is 12.1 Å². The molecule has 84 valence electrons. The van der Waals surface area contributed by atoms with Gasteiger partial charge in [0.1, 0.15) is 0 Å². The summed E-state index contributed by atoms with van der Waals surface area (Å²) in [5.41, 5.74) is 0. The van der Waals surface area contributed by atoms with Crippen LogP contribution in [-0.2, 0) is 16.9 Å². The van der Waals surface area contributed by atoms with E-state index in [1.807, 2.05) is 0 Å². The minimum atomic E-state index is -4.92. The third-order valence-electron chi connectivity index (χ3n) is 1.46. The van der Waals surface area contributed by atoms with Gasteiger partial charge < -0.3 is 9.52 Å². The Hall–Kier alpha value is -1.60. The van der Waals surface area contributed by atoms with E-state index in [2.05, 4.69) is 4.42 Å². The van der Waals surface area contributed by atoms with Crippen molar-refractivity contribution in [2.75, 3.05) is 0 Å². The minimum absolute atomic E-state index is 0.242. The molecule has 0 aliphatic heterocycles. The second-order valence-electron chi connectivity index (χ2n) is 2.54. The third kappa shape index (κ3) is 2.08. The van der Waals surface area contributed by atoms with Gasteiger partial charge in [-0.25, -0.2) is 4.79 Å². The van der Waals surface area contributed by atoms with Crippen LogP contribution in [0.2, 0.25) is 0 Å². The largest absolute Gasteiger partial charge is 0.476 e. The Morgan fingerprint density at radius 1 is 1.13 bits per heavy atom. The molecule has 1 aromatic rings. The summed E-state index contributed by atoms with van der Waals surface area (Å²) >= 11 is 0. The van der Waals surface area contributed by atoms with E-state index < -0.39 is 29.6 Å². The molecule has 1 rings (SSSR count). The molecule has 0 spiro atoms. The number of alkyl halides is 5. The van der Waals surface area contributed by atoms with Crippen LogP contribution in [0.5, 0.6) is 0 Å². The monoisotopic (exact) mass is 230 g/mol. The average molecular weight is 230 g/mol. The Balaban J connectivity index is 3.10. The predicted octanol–water partition coefficient (Wildman–Crippen LogP) is 2.47. The van der Waals surface area contributed by atoms with E-state index in [-0.39, 0.29) is 12.1 Å². The second-order valence-corrected chi connectivity index (χ2v) is 2.54. The van der Waals surface area contributed by atoms with Crippen molar-refractivity contribution < 1.29 is 36.3 Å². The molecular weight excluding hydrogens is 227 g/mol. The van der Waals surface area contributed by atoms with Crippen molar-refractivity contribution in [3.63, 3.8) is 0 Å². The summed E-state index contributed by atoms with van der Waals surface area (Å²) in [5.74, 6) is -10.3. The van der Waals surface area contributed by atoms with Crippen LogP contribution in [0, 0.1) is 0 Å².